The highest BCUT2D eigenvalue weighted by Gasteiger charge is 2.46. The Morgan fingerprint density at radius 1 is 0.524 bits per heavy atom. The molecule has 8 heteroatoms. The Kier molecular flexibility index (Phi) is 10.1. The molecule has 1 heterocycles. The molecular weight excluding hydrogens is 565 g/mol. The summed E-state index contributed by atoms with van der Waals surface area (Å²) in [6.45, 7) is 0.731. The lowest BCUT2D eigenvalue weighted by molar-refractivity contribution is -0.154. The molecule has 4 aromatic rings. The molecule has 6 nitrogen and oxygen atoms in total. The van der Waals surface area contributed by atoms with E-state index in [9.17, 15) is 9.59 Å². The first-order valence-electron chi connectivity index (χ1n) is 13.7. The molecule has 0 bridgehead atoms. The van der Waals surface area contributed by atoms with Gasteiger partial charge in [-0.3, -0.25) is 9.59 Å². The monoisotopic (exact) mass is 598 g/mol. The first-order chi connectivity index (χ1) is 20.6. The van der Waals surface area contributed by atoms with E-state index in [4.69, 9.17) is 9.47 Å². The molecule has 4 aromatic carbocycles. The summed E-state index contributed by atoms with van der Waals surface area (Å²) in [4.78, 5) is 32.3. The van der Waals surface area contributed by atoms with Gasteiger partial charge in [0, 0.05) is 24.6 Å². The molecular formula is C34H34N2O4S2. The maximum atomic E-state index is 14.4. The van der Waals surface area contributed by atoms with Crippen LogP contribution in [0.3, 0.4) is 0 Å². The van der Waals surface area contributed by atoms with Crippen LogP contribution in [0.15, 0.2) is 109 Å². The summed E-state index contributed by atoms with van der Waals surface area (Å²) in [5, 5.41) is -1.30. The van der Waals surface area contributed by atoms with Crippen molar-refractivity contribution in [2.24, 2.45) is 0 Å². The number of hydrogen-bond donors (Lipinski definition) is 0. The number of hydrogen-bond acceptors (Lipinski definition) is 6. The SMILES string of the molecule is COc1ccc(CS[C@H]2C(=O)N(Cc3ccccc3)[C@@H](SCc3ccc(OC)cc3)C(=O)N2Cc2ccccc2)cc1. The van der Waals surface area contributed by atoms with Gasteiger partial charge in [-0.15, -0.1) is 23.5 Å². The summed E-state index contributed by atoms with van der Waals surface area (Å²) in [6, 6.07) is 35.4. The van der Waals surface area contributed by atoms with Crippen LogP contribution in [0.2, 0.25) is 0 Å². The Balaban J connectivity index is 1.44. The Hall–Kier alpha value is -3.88. The van der Waals surface area contributed by atoms with Gasteiger partial charge in [-0.1, -0.05) is 84.9 Å². The van der Waals surface area contributed by atoms with Crippen molar-refractivity contribution in [3.8, 4) is 11.5 Å². The first kappa shape index (κ1) is 29.6. The van der Waals surface area contributed by atoms with Crippen LogP contribution in [-0.2, 0) is 34.2 Å². The van der Waals surface area contributed by atoms with Crippen LogP contribution in [-0.4, -0.2) is 46.6 Å². The van der Waals surface area contributed by atoms with Gasteiger partial charge in [-0.25, -0.2) is 0 Å². The lowest BCUT2D eigenvalue weighted by Crippen LogP contribution is -2.62. The van der Waals surface area contributed by atoms with E-state index in [1.165, 1.54) is 23.5 Å². The summed E-state index contributed by atoms with van der Waals surface area (Å²) in [7, 11) is 3.28. The van der Waals surface area contributed by atoms with Crippen LogP contribution in [0, 0.1) is 0 Å². The second-order valence-corrected chi connectivity index (χ2v) is 12.1. The fourth-order valence-electron chi connectivity index (χ4n) is 4.78. The Morgan fingerprint density at radius 2 is 0.881 bits per heavy atom. The van der Waals surface area contributed by atoms with Gasteiger partial charge in [0.15, 0.2) is 10.7 Å². The molecule has 1 fully saturated rings. The van der Waals surface area contributed by atoms with Gasteiger partial charge in [0.1, 0.15) is 11.5 Å². The number of ether oxygens (including phenoxy) is 2. The minimum absolute atomic E-state index is 0.0554. The molecule has 216 valence electrons. The zero-order chi connectivity index (χ0) is 29.3. The third-order valence-corrected chi connectivity index (χ3v) is 9.62. The highest BCUT2D eigenvalue weighted by molar-refractivity contribution is 8.00. The standard InChI is InChI=1S/C34H34N2O4S2/c1-39-29-17-13-27(14-18-29)23-41-33-31(37)36(22-26-11-7-4-8-12-26)34(42-24-28-15-19-30(40-2)20-16-28)32(38)35(33)21-25-9-5-3-6-10-25/h3-20,33-34H,21-24H2,1-2H3/t33-,34-/m0/s1. The fourth-order valence-corrected chi connectivity index (χ4v) is 7.14. The van der Waals surface area contributed by atoms with E-state index < -0.39 is 10.7 Å². The van der Waals surface area contributed by atoms with E-state index in [1.54, 1.807) is 24.0 Å². The van der Waals surface area contributed by atoms with Crippen molar-refractivity contribution >= 4 is 35.3 Å². The second kappa shape index (κ2) is 14.3. The van der Waals surface area contributed by atoms with E-state index in [1.807, 2.05) is 109 Å². The summed E-state index contributed by atoms with van der Waals surface area (Å²) in [5.74, 6) is 2.62. The number of thioether (sulfide) groups is 2. The molecule has 1 saturated heterocycles. The molecule has 0 unspecified atom stereocenters. The van der Waals surface area contributed by atoms with Crippen LogP contribution < -0.4 is 9.47 Å². The zero-order valence-electron chi connectivity index (χ0n) is 23.7. The number of methoxy groups -OCH3 is 2. The largest absolute Gasteiger partial charge is 0.497 e. The predicted octanol–water partition coefficient (Wildman–Crippen LogP) is 6.59. The summed E-state index contributed by atoms with van der Waals surface area (Å²) < 4.78 is 10.6. The molecule has 0 aliphatic carbocycles. The average molecular weight is 599 g/mol. The molecule has 0 N–H and O–H groups in total. The van der Waals surface area contributed by atoms with Crippen molar-refractivity contribution in [3.05, 3.63) is 131 Å². The van der Waals surface area contributed by atoms with Crippen LogP contribution in [0.1, 0.15) is 22.3 Å². The molecule has 2 amide bonds. The van der Waals surface area contributed by atoms with Crippen molar-refractivity contribution < 1.29 is 19.1 Å². The number of carbonyl (C=O) groups is 2. The average Bonchev–Trinajstić information content (AvgIpc) is 3.04. The third kappa shape index (κ3) is 7.30. The van der Waals surface area contributed by atoms with Crippen LogP contribution in [0.5, 0.6) is 11.5 Å². The number of rotatable bonds is 12. The summed E-state index contributed by atoms with van der Waals surface area (Å²) in [6.07, 6.45) is 0. The highest BCUT2D eigenvalue weighted by Crippen LogP contribution is 2.36. The minimum atomic E-state index is -0.652. The van der Waals surface area contributed by atoms with E-state index >= 15 is 0 Å². The summed E-state index contributed by atoms with van der Waals surface area (Å²) in [5.41, 5.74) is 4.10. The minimum Gasteiger partial charge on any atom is -0.497 e. The van der Waals surface area contributed by atoms with Crippen molar-refractivity contribution in [1.82, 2.24) is 9.80 Å². The molecule has 5 rings (SSSR count). The van der Waals surface area contributed by atoms with E-state index in [0.29, 0.717) is 24.6 Å². The molecule has 0 saturated carbocycles. The predicted molar refractivity (Wildman–Crippen MR) is 170 cm³/mol. The number of carbonyl (C=O) groups excluding carboxylic acids is 2. The molecule has 0 radical (unpaired) electrons. The van der Waals surface area contributed by atoms with Crippen LogP contribution in [0.25, 0.3) is 0 Å². The van der Waals surface area contributed by atoms with E-state index in [2.05, 4.69) is 0 Å². The Bertz CT molecular complexity index is 1340. The van der Waals surface area contributed by atoms with Gasteiger partial charge in [-0.2, -0.15) is 0 Å². The maximum Gasteiger partial charge on any atom is 0.257 e. The topological polar surface area (TPSA) is 59.1 Å². The van der Waals surface area contributed by atoms with Gasteiger partial charge >= 0.3 is 0 Å². The van der Waals surface area contributed by atoms with Gasteiger partial charge in [0.2, 0.25) is 0 Å². The van der Waals surface area contributed by atoms with Gasteiger partial charge < -0.3 is 19.3 Å². The van der Waals surface area contributed by atoms with E-state index in [0.717, 1.165) is 33.8 Å². The number of piperazine rings is 1. The van der Waals surface area contributed by atoms with E-state index in [-0.39, 0.29) is 11.8 Å². The molecule has 0 spiro atoms. The van der Waals surface area contributed by atoms with Crippen molar-refractivity contribution in [3.63, 3.8) is 0 Å². The lowest BCUT2D eigenvalue weighted by atomic mass is 10.1. The quantitative estimate of drug-likeness (QED) is 0.183. The molecule has 2 atom stereocenters. The molecule has 1 aliphatic heterocycles. The summed E-state index contributed by atoms with van der Waals surface area (Å²) >= 11 is 2.98. The normalized spacial score (nSPS) is 16.9. The third-order valence-electron chi connectivity index (χ3n) is 7.08. The highest BCUT2D eigenvalue weighted by atomic mass is 32.2. The number of benzene rings is 4. The van der Waals surface area contributed by atoms with Gasteiger partial charge in [0.25, 0.3) is 11.8 Å². The van der Waals surface area contributed by atoms with Crippen LogP contribution >= 0.6 is 23.5 Å². The lowest BCUT2D eigenvalue weighted by Gasteiger charge is -2.44. The first-order valence-corrected chi connectivity index (χ1v) is 15.8. The smallest absolute Gasteiger partial charge is 0.257 e. The molecule has 0 aromatic heterocycles. The molecule has 1 aliphatic rings. The van der Waals surface area contributed by atoms with Gasteiger partial charge in [-0.05, 0) is 46.5 Å². The fraction of sp³-hybridized carbons (Fsp3) is 0.235. The van der Waals surface area contributed by atoms with Crippen molar-refractivity contribution in [2.75, 3.05) is 14.2 Å². The number of nitrogens with zero attached hydrogens (tertiary/aromatic N) is 2. The number of amides is 2. The second-order valence-electron chi connectivity index (χ2n) is 9.93. The Morgan fingerprint density at radius 3 is 1.21 bits per heavy atom. The zero-order valence-corrected chi connectivity index (χ0v) is 25.4. The Labute approximate surface area is 256 Å². The van der Waals surface area contributed by atoms with Crippen molar-refractivity contribution in [1.29, 1.82) is 0 Å². The maximum absolute atomic E-state index is 14.4. The van der Waals surface area contributed by atoms with Gasteiger partial charge in [0.05, 0.1) is 14.2 Å². The molecule has 42 heavy (non-hydrogen) atoms. The van der Waals surface area contributed by atoms with Crippen molar-refractivity contribution in [2.45, 2.75) is 35.3 Å². The van der Waals surface area contributed by atoms with Crippen LogP contribution in [0.4, 0.5) is 0 Å².